The molecular weight excluding hydrogens is 356 g/mol. The molecule has 2 aromatic rings. The Morgan fingerprint density at radius 3 is 2.54 bits per heavy atom. The molecular formula is C21H24N4O3. The van der Waals surface area contributed by atoms with Crippen LogP contribution in [0.4, 0.5) is 5.82 Å². The molecule has 2 saturated heterocycles. The van der Waals surface area contributed by atoms with E-state index in [9.17, 15) is 14.7 Å². The maximum absolute atomic E-state index is 12.9. The van der Waals surface area contributed by atoms with E-state index in [0.29, 0.717) is 32.0 Å². The van der Waals surface area contributed by atoms with E-state index in [2.05, 4.69) is 29.2 Å². The number of amides is 2. The second-order valence-electron chi connectivity index (χ2n) is 7.44. The predicted molar refractivity (Wildman–Crippen MR) is 105 cm³/mol. The maximum atomic E-state index is 12.9. The van der Waals surface area contributed by atoms with Gasteiger partial charge in [-0.2, -0.15) is 0 Å². The average Bonchev–Trinajstić information content (AvgIpc) is 3.05. The van der Waals surface area contributed by atoms with Crippen molar-refractivity contribution in [3.05, 3.63) is 53.7 Å². The lowest BCUT2D eigenvalue weighted by atomic mass is 10.1. The van der Waals surface area contributed by atoms with E-state index in [-0.39, 0.29) is 30.2 Å². The SMILES string of the molecule is Cc1ccc(CN2CCC(N3CCN(c4ccc(O)cn4)C(=O)C3)C2=O)cc1. The summed E-state index contributed by atoms with van der Waals surface area (Å²) in [5, 5.41) is 9.36. The van der Waals surface area contributed by atoms with E-state index < -0.39 is 0 Å². The quantitative estimate of drug-likeness (QED) is 0.871. The van der Waals surface area contributed by atoms with Gasteiger partial charge in [-0.1, -0.05) is 29.8 Å². The van der Waals surface area contributed by atoms with Crippen LogP contribution in [-0.4, -0.2) is 63.9 Å². The molecule has 1 N–H and O–H groups in total. The minimum absolute atomic E-state index is 0.0695. The maximum Gasteiger partial charge on any atom is 0.242 e. The number of hydrogen-bond donors (Lipinski definition) is 1. The van der Waals surface area contributed by atoms with Gasteiger partial charge < -0.3 is 10.0 Å². The van der Waals surface area contributed by atoms with E-state index in [0.717, 1.165) is 12.0 Å². The molecule has 2 fully saturated rings. The summed E-state index contributed by atoms with van der Waals surface area (Å²) >= 11 is 0. The lowest BCUT2D eigenvalue weighted by molar-refractivity contribution is -0.134. The van der Waals surface area contributed by atoms with Crippen molar-refractivity contribution in [1.82, 2.24) is 14.8 Å². The number of anilines is 1. The Labute approximate surface area is 164 Å². The molecule has 4 rings (SSSR count). The summed E-state index contributed by atoms with van der Waals surface area (Å²) < 4.78 is 0. The van der Waals surface area contributed by atoms with E-state index in [1.54, 1.807) is 11.0 Å². The van der Waals surface area contributed by atoms with Crippen molar-refractivity contribution in [2.75, 3.05) is 31.1 Å². The molecule has 2 aliphatic heterocycles. The van der Waals surface area contributed by atoms with E-state index in [1.165, 1.54) is 17.8 Å². The van der Waals surface area contributed by atoms with Gasteiger partial charge in [0.05, 0.1) is 18.8 Å². The van der Waals surface area contributed by atoms with Gasteiger partial charge in [-0.05, 0) is 31.0 Å². The van der Waals surface area contributed by atoms with Crippen LogP contribution in [0.1, 0.15) is 17.5 Å². The normalized spacial score (nSPS) is 20.8. The highest BCUT2D eigenvalue weighted by Gasteiger charge is 2.39. The Morgan fingerprint density at radius 2 is 1.86 bits per heavy atom. The van der Waals surface area contributed by atoms with Gasteiger partial charge >= 0.3 is 0 Å². The number of aromatic nitrogens is 1. The van der Waals surface area contributed by atoms with Crippen LogP contribution in [-0.2, 0) is 16.1 Å². The van der Waals surface area contributed by atoms with Crippen molar-refractivity contribution in [3.63, 3.8) is 0 Å². The molecule has 0 aliphatic carbocycles. The van der Waals surface area contributed by atoms with Crippen molar-refractivity contribution < 1.29 is 14.7 Å². The number of aryl methyl sites for hydroxylation is 1. The smallest absolute Gasteiger partial charge is 0.242 e. The molecule has 28 heavy (non-hydrogen) atoms. The summed E-state index contributed by atoms with van der Waals surface area (Å²) in [6.45, 7) is 4.69. The molecule has 0 bridgehead atoms. The Balaban J connectivity index is 1.38. The number of likely N-dealkylation sites (tertiary alicyclic amines) is 1. The fourth-order valence-corrected chi connectivity index (χ4v) is 3.87. The minimum atomic E-state index is -0.232. The molecule has 2 aliphatic rings. The zero-order valence-corrected chi connectivity index (χ0v) is 15.9. The minimum Gasteiger partial charge on any atom is -0.506 e. The Morgan fingerprint density at radius 1 is 1.07 bits per heavy atom. The van der Waals surface area contributed by atoms with Gasteiger partial charge in [0.25, 0.3) is 0 Å². The number of carbonyl (C=O) groups excluding carboxylic acids is 2. The van der Waals surface area contributed by atoms with E-state index in [1.807, 2.05) is 16.7 Å². The summed E-state index contributed by atoms with van der Waals surface area (Å²) in [5.41, 5.74) is 2.33. The second-order valence-corrected chi connectivity index (χ2v) is 7.44. The molecule has 146 valence electrons. The zero-order chi connectivity index (χ0) is 19.7. The average molecular weight is 380 g/mol. The van der Waals surface area contributed by atoms with Gasteiger partial charge in [0, 0.05) is 26.2 Å². The third kappa shape index (κ3) is 3.71. The van der Waals surface area contributed by atoms with Gasteiger partial charge in [0.2, 0.25) is 11.8 Å². The van der Waals surface area contributed by atoms with Crippen LogP contribution < -0.4 is 4.90 Å². The summed E-state index contributed by atoms with van der Waals surface area (Å²) in [7, 11) is 0. The number of pyridine rings is 1. The molecule has 1 aromatic heterocycles. The Bertz CT molecular complexity index is 866. The van der Waals surface area contributed by atoms with Crippen LogP contribution in [0.2, 0.25) is 0 Å². The zero-order valence-electron chi connectivity index (χ0n) is 15.9. The molecule has 0 radical (unpaired) electrons. The number of rotatable bonds is 4. The fraction of sp³-hybridized carbons (Fsp3) is 0.381. The first kappa shape index (κ1) is 18.4. The van der Waals surface area contributed by atoms with Crippen LogP contribution >= 0.6 is 0 Å². The summed E-state index contributed by atoms with van der Waals surface area (Å²) in [6.07, 6.45) is 2.08. The van der Waals surface area contributed by atoms with Gasteiger partial charge in [-0.25, -0.2) is 4.98 Å². The number of aromatic hydroxyl groups is 1. The summed E-state index contributed by atoms with van der Waals surface area (Å²) in [6, 6.07) is 11.2. The number of nitrogens with zero attached hydrogens (tertiary/aromatic N) is 4. The largest absolute Gasteiger partial charge is 0.506 e. The van der Waals surface area contributed by atoms with Crippen molar-refractivity contribution in [2.45, 2.75) is 25.9 Å². The molecule has 7 nitrogen and oxygen atoms in total. The standard InChI is InChI=1S/C21H24N4O3/c1-15-2-4-16(5-3-15)13-24-9-8-18(21(24)28)23-10-11-25(20(27)14-23)19-7-6-17(26)12-22-19/h2-7,12,18,26H,8-11,13-14H2,1H3. The molecule has 1 unspecified atom stereocenters. The van der Waals surface area contributed by atoms with Crippen LogP contribution in [0.3, 0.4) is 0 Å². The Kier molecular flexibility index (Phi) is 5.00. The second kappa shape index (κ2) is 7.59. The predicted octanol–water partition coefficient (Wildman–Crippen LogP) is 1.55. The number of hydrogen-bond acceptors (Lipinski definition) is 5. The highest BCUT2D eigenvalue weighted by Crippen LogP contribution is 2.23. The Hall–Kier alpha value is -2.93. The van der Waals surface area contributed by atoms with E-state index >= 15 is 0 Å². The van der Waals surface area contributed by atoms with Gasteiger partial charge in [-0.3, -0.25) is 19.4 Å². The highest BCUT2D eigenvalue weighted by molar-refractivity contribution is 5.95. The molecule has 3 heterocycles. The first-order valence-electron chi connectivity index (χ1n) is 9.55. The molecule has 0 saturated carbocycles. The molecule has 1 aromatic carbocycles. The summed E-state index contributed by atoms with van der Waals surface area (Å²) in [5.74, 6) is 0.625. The number of carbonyl (C=O) groups is 2. The third-order valence-electron chi connectivity index (χ3n) is 5.46. The van der Waals surface area contributed by atoms with Crippen LogP contribution in [0, 0.1) is 6.92 Å². The summed E-state index contributed by atoms with van der Waals surface area (Å²) in [4.78, 5) is 35.1. The highest BCUT2D eigenvalue weighted by atomic mass is 16.3. The van der Waals surface area contributed by atoms with Crippen LogP contribution in [0.25, 0.3) is 0 Å². The van der Waals surface area contributed by atoms with Crippen molar-refractivity contribution >= 4 is 17.6 Å². The number of benzene rings is 1. The molecule has 0 spiro atoms. The lowest BCUT2D eigenvalue weighted by Gasteiger charge is -2.36. The molecule has 7 heteroatoms. The topological polar surface area (TPSA) is 77.0 Å². The van der Waals surface area contributed by atoms with Crippen molar-refractivity contribution in [1.29, 1.82) is 0 Å². The van der Waals surface area contributed by atoms with Crippen LogP contribution in [0.15, 0.2) is 42.6 Å². The van der Waals surface area contributed by atoms with Gasteiger partial charge in [0.15, 0.2) is 0 Å². The fourth-order valence-electron chi connectivity index (χ4n) is 3.87. The van der Waals surface area contributed by atoms with E-state index in [4.69, 9.17) is 0 Å². The van der Waals surface area contributed by atoms with Crippen molar-refractivity contribution in [3.8, 4) is 5.75 Å². The van der Waals surface area contributed by atoms with Gasteiger partial charge in [-0.15, -0.1) is 0 Å². The van der Waals surface area contributed by atoms with Gasteiger partial charge in [0.1, 0.15) is 11.6 Å². The first-order chi connectivity index (χ1) is 13.5. The third-order valence-corrected chi connectivity index (χ3v) is 5.46. The lowest BCUT2D eigenvalue weighted by Crippen LogP contribution is -2.55. The molecule has 1 atom stereocenters. The number of piperazine rings is 1. The van der Waals surface area contributed by atoms with Crippen LogP contribution in [0.5, 0.6) is 5.75 Å². The van der Waals surface area contributed by atoms with Crippen molar-refractivity contribution in [2.24, 2.45) is 0 Å². The molecule has 2 amide bonds. The monoisotopic (exact) mass is 380 g/mol. The first-order valence-corrected chi connectivity index (χ1v) is 9.55.